The summed E-state index contributed by atoms with van der Waals surface area (Å²) in [6.45, 7) is 4.05. The summed E-state index contributed by atoms with van der Waals surface area (Å²) in [4.78, 5) is 16.1. The average molecular weight is 195 g/mol. The van der Waals surface area contributed by atoms with Gasteiger partial charge in [0.1, 0.15) is 5.54 Å². The molecule has 78 valence electrons. The molecule has 1 heterocycles. The zero-order chi connectivity index (χ0) is 10.2. The molecule has 0 spiro atoms. The molecule has 0 atom stereocenters. The number of nitrogens with one attached hydrogen (secondary N) is 2. The maximum Gasteiger partial charge on any atom is 0.252 e. The molecule has 0 bridgehead atoms. The van der Waals surface area contributed by atoms with Gasteiger partial charge in [-0.3, -0.25) is 10.1 Å². The first-order chi connectivity index (χ1) is 6.70. The highest BCUT2D eigenvalue weighted by Gasteiger charge is 2.42. The lowest BCUT2D eigenvalue weighted by molar-refractivity contribution is -0.124. The predicted octanol–water partition coefficient (Wildman–Crippen LogP) is 0.783. The first-order valence-electron chi connectivity index (χ1n) is 5.37. The van der Waals surface area contributed by atoms with Crippen LogP contribution < -0.4 is 10.6 Å². The van der Waals surface area contributed by atoms with Crippen molar-refractivity contribution in [1.29, 1.82) is 0 Å². The van der Waals surface area contributed by atoms with E-state index in [1.54, 1.807) is 0 Å². The van der Waals surface area contributed by atoms with Gasteiger partial charge in [0.25, 0.3) is 5.91 Å². The number of guanidine groups is 1. The molecule has 2 aliphatic rings. The maximum atomic E-state index is 11.7. The Kier molecular flexibility index (Phi) is 2.21. The molecule has 14 heavy (non-hydrogen) atoms. The highest BCUT2D eigenvalue weighted by atomic mass is 16.2. The fraction of sp³-hybridized carbons (Fsp3) is 0.800. The van der Waals surface area contributed by atoms with Gasteiger partial charge in [0.2, 0.25) is 0 Å². The summed E-state index contributed by atoms with van der Waals surface area (Å²) in [7, 11) is 0. The highest BCUT2D eigenvalue weighted by molar-refractivity contribution is 6.09. The molecule has 1 amide bonds. The van der Waals surface area contributed by atoms with Crippen LogP contribution in [0.2, 0.25) is 0 Å². The van der Waals surface area contributed by atoms with Crippen LogP contribution in [0.15, 0.2) is 4.99 Å². The van der Waals surface area contributed by atoms with Gasteiger partial charge in [0.05, 0.1) is 6.04 Å². The van der Waals surface area contributed by atoms with E-state index in [1.807, 2.05) is 13.8 Å². The molecule has 0 aromatic heterocycles. The number of aliphatic imine (C=N–C) groups is 1. The average Bonchev–Trinajstić information content (AvgIpc) is 2.91. The van der Waals surface area contributed by atoms with E-state index >= 15 is 0 Å². The van der Waals surface area contributed by atoms with Gasteiger partial charge in [0, 0.05) is 0 Å². The second kappa shape index (κ2) is 3.26. The molecule has 1 aliphatic carbocycles. The topological polar surface area (TPSA) is 53.5 Å². The third-order valence-corrected chi connectivity index (χ3v) is 3.09. The zero-order valence-electron chi connectivity index (χ0n) is 8.76. The van der Waals surface area contributed by atoms with Crippen LogP contribution in [0.25, 0.3) is 0 Å². The van der Waals surface area contributed by atoms with Gasteiger partial charge in [-0.1, -0.05) is 13.8 Å². The lowest BCUT2D eigenvalue weighted by Gasteiger charge is -2.22. The summed E-state index contributed by atoms with van der Waals surface area (Å²) in [5.74, 6) is 0.753. The highest BCUT2D eigenvalue weighted by Crippen LogP contribution is 2.25. The zero-order valence-corrected chi connectivity index (χ0v) is 8.76. The number of amides is 1. The van der Waals surface area contributed by atoms with Crippen LogP contribution in [0, 0.1) is 0 Å². The van der Waals surface area contributed by atoms with E-state index in [0.717, 1.165) is 25.7 Å². The summed E-state index contributed by atoms with van der Waals surface area (Å²) in [6.07, 6.45) is 3.93. The second-order valence-electron chi connectivity index (χ2n) is 4.08. The van der Waals surface area contributed by atoms with Crippen molar-refractivity contribution in [3.05, 3.63) is 0 Å². The maximum absolute atomic E-state index is 11.7. The van der Waals surface area contributed by atoms with Gasteiger partial charge in [-0.05, 0) is 25.7 Å². The van der Waals surface area contributed by atoms with E-state index in [4.69, 9.17) is 0 Å². The van der Waals surface area contributed by atoms with Crippen molar-refractivity contribution in [2.75, 3.05) is 0 Å². The van der Waals surface area contributed by atoms with E-state index in [-0.39, 0.29) is 5.91 Å². The van der Waals surface area contributed by atoms with E-state index in [2.05, 4.69) is 15.6 Å². The van der Waals surface area contributed by atoms with E-state index in [1.165, 1.54) is 0 Å². The number of hydrogen-bond donors (Lipinski definition) is 2. The molecule has 4 nitrogen and oxygen atoms in total. The molecule has 0 aromatic rings. The molecular weight excluding hydrogens is 178 g/mol. The number of carbonyl (C=O) groups excluding carboxylic acids is 1. The molecule has 1 saturated heterocycles. The number of rotatable bonds is 3. The van der Waals surface area contributed by atoms with Crippen LogP contribution in [0.4, 0.5) is 0 Å². The summed E-state index contributed by atoms with van der Waals surface area (Å²) >= 11 is 0. The minimum Gasteiger partial charge on any atom is -0.342 e. The smallest absolute Gasteiger partial charge is 0.252 e. The first-order valence-corrected chi connectivity index (χ1v) is 5.37. The Morgan fingerprint density at radius 1 is 1.43 bits per heavy atom. The molecule has 1 saturated carbocycles. The van der Waals surface area contributed by atoms with Crippen LogP contribution in [0.1, 0.15) is 39.5 Å². The molecule has 2 fully saturated rings. The Morgan fingerprint density at radius 3 is 2.50 bits per heavy atom. The lowest BCUT2D eigenvalue weighted by atomic mass is 9.93. The Morgan fingerprint density at radius 2 is 2.07 bits per heavy atom. The predicted molar refractivity (Wildman–Crippen MR) is 55.0 cm³/mol. The van der Waals surface area contributed by atoms with E-state index < -0.39 is 5.54 Å². The summed E-state index contributed by atoms with van der Waals surface area (Å²) in [6, 6.07) is 0.447. The van der Waals surface area contributed by atoms with Gasteiger partial charge in [-0.25, -0.2) is 4.99 Å². The van der Waals surface area contributed by atoms with Gasteiger partial charge in [-0.15, -0.1) is 0 Å². The normalized spacial score (nSPS) is 27.6. The largest absolute Gasteiger partial charge is 0.342 e. The minimum atomic E-state index is -0.409. The van der Waals surface area contributed by atoms with Crippen LogP contribution in [0.5, 0.6) is 0 Å². The van der Waals surface area contributed by atoms with Gasteiger partial charge in [0.15, 0.2) is 5.96 Å². The van der Waals surface area contributed by atoms with Crippen molar-refractivity contribution in [2.45, 2.75) is 51.1 Å². The molecule has 0 unspecified atom stereocenters. The Hall–Kier alpha value is -1.06. The van der Waals surface area contributed by atoms with E-state index in [0.29, 0.717) is 12.0 Å². The quantitative estimate of drug-likeness (QED) is 0.699. The third kappa shape index (κ3) is 1.49. The second-order valence-corrected chi connectivity index (χ2v) is 4.08. The SMILES string of the molecule is CCC1(CC)NC(=NC2CC2)NC1=O. The van der Waals surface area contributed by atoms with Crippen LogP contribution in [0.3, 0.4) is 0 Å². The molecule has 4 heteroatoms. The van der Waals surface area contributed by atoms with Gasteiger partial charge < -0.3 is 5.32 Å². The minimum absolute atomic E-state index is 0.0712. The monoisotopic (exact) mass is 195 g/mol. The molecule has 0 aromatic carbocycles. The first kappa shape index (κ1) is 9.49. The fourth-order valence-electron chi connectivity index (χ4n) is 1.74. The summed E-state index contributed by atoms with van der Waals surface area (Å²) < 4.78 is 0. The van der Waals surface area contributed by atoms with Crippen LogP contribution in [-0.2, 0) is 4.79 Å². The molecule has 1 aliphatic heterocycles. The van der Waals surface area contributed by atoms with Gasteiger partial charge in [-0.2, -0.15) is 0 Å². The molecule has 2 rings (SSSR count). The van der Waals surface area contributed by atoms with Crippen molar-refractivity contribution in [3.8, 4) is 0 Å². The van der Waals surface area contributed by atoms with Crippen molar-refractivity contribution in [1.82, 2.24) is 10.6 Å². The Balaban J connectivity index is 2.12. The number of nitrogens with zero attached hydrogens (tertiary/aromatic N) is 1. The lowest BCUT2D eigenvalue weighted by Crippen LogP contribution is -2.45. The molecule has 0 radical (unpaired) electrons. The van der Waals surface area contributed by atoms with Crippen molar-refractivity contribution in [2.24, 2.45) is 4.99 Å². The Labute approximate surface area is 84.2 Å². The Bertz CT molecular complexity index is 277. The molecule has 2 N–H and O–H groups in total. The van der Waals surface area contributed by atoms with Gasteiger partial charge >= 0.3 is 0 Å². The fourth-order valence-corrected chi connectivity index (χ4v) is 1.74. The van der Waals surface area contributed by atoms with E-state index in [9.17, 15) is 4.79 Å². The van der Waals surface area contributed by atoms with Crippen LogP contribution >= 0.6 is 0 Å². The molecular formula is C10H17N3O. The number of carbonyl (C=O) groups is 1. The van der Waals surface area contributed by atoms with Crippen molar-refractivity contribution >= 4 is 11.9 Å². The summed E-state index contributed by atoms with van der Waals surface area (Å²) in [5, 5.41) is 6.03. The van der Waals surface area contributed by atoms with Crippen molar-refractivity contribution in [3.63, 3.8) is 0 Å². The van der Waals surface area contributed by atoms with Crippen LogP contribution in [-0.4, -0.2) is 23.4 Å². The standard InChI is InChI=1S/C10H17N3O/c1-3-10(4-2)8(14)12-9(13-10)11-7-5-6-7/h7H,3-6H2,1-2H3,(H2,11,12,13,14). The third-order valence-electron chi connectivity index (χ3n) is 3.09. The van der Waals surface area contributed by atoms with Crippen molar-refractivity contribution < 1.29 is 4.79 Å². The number of hydrogen-bond acceptors (Lipinski definition) is 2. The summed E-state index contributed by atoms with van der Waals surface area (Å²) in [5.41, 5.74) is -0.409.